The third-order valence-corrected chi connectivity index (χ3v) is 3.77. The molecule has 5 heteroatoms. The van der Waals surface area contributed by atoms with Crippen LogP contribution in [0.5, 0.6) is 5.88 Å². The summed E-state index contributed by atoms with van der Waals surface area (Å²) in [6.45, 7) is 2.04. The van der Waals surface area contributed by atoms with Crippen LogP contribution in [0.2, 0.25) is 0 Å². The van der Waals surface area contributed by atoms with Crippen LogP contribution in [0.1, 0.15) is 37.7 Å². The lowest BCUT2D eigenvalue weighted by Crippen LogP contribution is -2.38. The summed E-state index contributed by atoms with van der Waals surface area (Å²) in [6.07, 6.45) is 7.33. The van der Waals surface area contributed by atoms with E-state index in [9.17, 15) is 0 Å². The van der Waals surface area contributed by atoms with Crippen LogP contribution in [0.3, 0.4) is 0 Å². The molecule has 102 valence electrons. The predicted molar refractivity (Wildman–Crippen MR) is 73.2 cm³/mol. The number of ether oxygens (including phenoxy) is 1. The lowest BCUT2D eigenvalue weighted by atomic mass is 10.1. The molecule has 2 heterocycles. The monoisotopic (exact) mass is 260 g/mol. The highest BCUT2D eigenvalue weighted by Gasteiger charge is 2.23. The predicted octanol–water partition coefficient (Wildman–Crippen LogP) is 2.08. The molecule has 0 amide bonds. The van der Waals surface area contributed by atoms with Gasteiger partial charge < -0.3 is 10.5 Å². The summed E-state index contributed by atoms with van der Waals surface area (Å²) in [5.74, 6) is 0.745. The number of hydrogen-bond donors (Lipinski definition) is 1. The summed E-state index contributed by atoms with van der Waals surface area (Å²) >= 11 is 0. The Bertz CT molecular complexity index is 566. The summed E-state index contributed by atoms with van der Waals surface area (Å²) < 4.78 is 7.88. The van der Waals surface area contributed by atoms with Crippen LogP contribution in [0.4, 0.5) is 0 Å². The first-order chi connectivity index (χ1) is 9.24. The first kappa shape index (κ1) is 12.4. The van der Waals surface area contributed by atoms with Crippen LogP contribution in [-0.2, 0) is 0 Å². The number of nitrogens with two attached hydrogens (primary N) is 1. The summed E-state index contributed by atoms with van der Waals surface area (Å²) in [7, 11) is 0. The molecule has 0 aliphatic heterocycles. The summed E-state index contributed by atoms with van der Waals surface area (Å²) in [6, 6.07) is 4.10. The molecule has 2 N–H and O–H groups in total. The number of rotatable bonds is 2. The molecule has 0 radical (unpaired) electrons. The van der Waals surface area contributed by atoms with Gasteiger partial charge in [0.05, 0.1) is 0 Å². The Balaban J connectivity index is 1.89. The van der Waals surface area contributed by atoms with Gasteiger partial charge in [-0.2, -0.15) is 9.61 Å². The molecule has 1 aliphatic rings. The minimum absolute atomic E-state index is 0.0803. The molecular weight excluding hydrogens is 240 g/mol. The molecule has 3 rings (SSSR count). The number of aromatic nitrogens is 3. The second-order valence-corrected chi connectivity index (χ2v) is 5.36. The van der Waals surface area contributed by atoms with Crippen molar-refractivity contribution in [2.75, 3.05) is 0 Å². The van der Waals surface area contributed by atoms with Crippen LogP contribution < -0.4 is 10.5 Å². The van der Waals surface area contributed by atoms with Crippen molar-refractivity contribution >= 4 is 5.65 Å². The van der Waals surface area contributed by atoms with E-state index in [1.54, 1.807) is 10.8 Å². The molecule has 1 saturated carbocycles. The minimum atomic E-state index is 0.0803. The van der Waals surface area contributed by atoms with Crippen molar-refractivity contribution in [2.45, 2.75) is 51.2 Å². The highest BCUT2D eigenvalue weighted by atomic mass is 16.5. The van der Waals surface area contributed by atoms with Gasteiger partial charge in [-0.3, -0.25) is 0 Å². The van der Waals surface area contributed by atoms with Crippen LogP contribution in [0, 0.1) is 6.92 Å². The van der Waals surface area contributed by atoms with Gasteiger partial charge in [-0.25, -0.2) is 4.98 Å². The van der Waals surface area contributed by atoms with Crippen molar-refractivity contribution in [1.29, 1.82) is 0 Å². The Kier molecular flexibility index (Phi) is 3.38. The Morgan fingerprint density at radius 1 is 1.26 bits per heavy atom. The zero-order valence-corrected chi connectivity index (χ0v) is 11.2. The number of nitrogens with zero attached hydrogens (tertiary/aromatic N) is 3. The van der Waals surface area contributed by atoms with Crippen molar-refractivity contribution in [1.82, 2.24) is 14.6 Å². The van der Waals surface area contributed by atoms with Gasteiger partial charge in [-0.1, -0.05) is 12.8 Å². The highest BCUT2D eigenvalue weighted by molar-refractivity contribution is 5.43. The molecular formula is C14H20N4O. The standard InChI is InChI=1S/C14H20N4O/c1-10-7-13-16-9-17-18(13)14(8-10)19-12-6-4-2-3-5-11(12)15/h7-9,11-12H,2-6,15H2,1H3. The zero-order chi connectivity index (χ0) is 13.2. The molecule has 19 heavy (non-hydrogen) atoms. The van der Waals surface area contributed by atoms with Gasteiger partial charge in [-0.05, 0) is 37.8 Å². The quantitative estimate of drug-likeness (QED) is 0.840. The third kappa shape index (κ3) is 2.56. The van der Waals surface area contributed by atoms with Gasteiger partial charge in [0.2, 0.25) is 5.88 Å². The largest absolute Gasteiger partial charge is 0.473 e. The van der Waals surface area contributed by atoms with Crippen LogP contribution in [0.15, 0.2) is 18.5 Å². The lowest BCUT2D eigenvalue weighted by molar-refractivity contribution is 0.152. The third-order valence-electron chi connectivity index (χ3n) is 3.77. The normalized spacial score (nSPS) is 24.3. The van der Waals surface area contributed by atoms with Crippen LogP contribution in [0.25, 0.3) is 5.65 Å². The van der Waals surface area contributed by atoms with Crippen LogP contribution in [-0.4, -0.2) is 26.7 Å². The van der Waals surface area contributed by atoms with E-state index < -0.39 is 0 Å². The summed E-state index contributed by atoms with van der Waals surface area (Å²) in [5, 5.41) is 4.21. The van der Waals surface area contributed by atoms with Crippen molar-refractivity contribution in [3.8, 4) is 5.88 Å². The van der Waals surface area contributed by atoms with Crippen molar-refractivity contribution in [3.05, 3.63) is 24.0 Å². The van der Waals surface area contributed by atoms with E-state index in [4.69, 9.17) is 10.5 Å². The number of fused-ring (bicyclic) bond motifs is 1. The van der Waals surface area contributed by atoms with E-state index >= 15 is 0 Å². The van der Waals surface area contributed by atoms with Gasteiger partial charge in [0, 0.05) is 12.1 Å². The fourth-order valence-corrected chi connectivity index (χ4v) is 2.71. The molecule has 0 spiro atoms. The van der Waals surface area contributed by atoms with Gasteiger partial charge in [0.25, 0.3) is 0 Å². The van der Waals surface area contributed by atoms with Crippen molar-refractivity contribution in [2.24, 2.45) is 5.73 Å². The Morgan fingerprint density at radius 3 is 3.00 bits per heavy atom. The van der Waals surface area contributed by atoms with E-state index in [1.165, 1.54) is 19.3 Å². The minimum Gasteiger partial charge on any atom is -0.473 e. The SMILES string of the molecule is Cc1cc(OC2CCCCCC2N)n2ncnc2c1. The van der Waals surface area contributed by atoms with E-state index in [-0.39, 0.29) is 12.1 Å². The summed E-state index contributed by atoms with van der Waals surface area (Å²) in [5.41, 5.74) is 8.15. The number of pyridine rings is 1. The van der Waals surface area contributed by atoms with E-state index in [0.29, 0.717) is 0 Å². The van der Waals surface area contributed by atoms with Gasteiger partial charge in [0.1, 0.15) is 12.4 Å². The fourth-order valence-electron chi connectivity index (χ4n) is 2.71. The molecule has 1 fully saturated rings. The molecule has 5 nitrogen and oxygen atoms in total. The lowest BCUT2D eigenvalue weighted by Gasteiger charge is -2.23. The molecule has 2 aromatic heterocycles. The van der Waals surface area contributed by atoms with E-state index in [1.807, 2.05) is 19.1 Å². The average Bonchev–Trinajstić information content (AvgIpc) is 2.75. The Hall–Kier alpha value is -1.62. The van der Waals surface area contributed by atoms with E-state index in [0.717, 1.165) is 29.9 Å². The average molecular weight is 260 g/mol. The molecule has 2 atom stereocenters. The maximum absolute atomic E-state index is 6.21. The molecule has 0 aromatic carbocycles. The maximum atomic E-state index is 6.21. The first-order valence-electron chi connectivity index (χ1n) is 6.96. The molecule has 0 saturated heterocycles. The first-order valence-corrected chi connectivity index (χ1v) is 6.96. The maximum Gasteiger partial charge on any atom is 0.217 e. The Labute approximate surface area is 112 Å². The van der Waals surface area contributed by atoms with Crippen LogP contribution >= 0.6 is 0 Å². The summed E-state index contributed by atoms with van der Waals surface area (Å²) in [4.78, 5) is 4.21. The molecule has 1 aliphatic carbocycles. The smallest absolute Gasteiger partial charge is 0.217 e. The van der Waals surface area contributed by atoms with Crippen molar-refractivity contribution in [3.63, 3.8) is 0 Å². The van der Waals surface area contributed by atoms with E-state index in [2.05, 4.69) is 10.1 Å². The van der Waals surface area contributed by atoms with Gasteiger partial charge >= 0.3 is 0 Å². The number of hydrogen-bond acceptors (Lipinski definition) is 4. The Morgan fingerprint density at radius 2 is 2.11 bits per heavy atom. The highest BCUT2D eigenvalue weighted by Crippen LogP contribution is 2.23. The molecule has 2 unspecified atom stereocenters. The molecule has 0 bridgehead atoms. The van der Waals surface area contributed by atoms with Crippen molar-refractivity contribution < 1.29 is 4.74 Å². The second-order valence-electron chi connectivity index (χ2n) is 5.36. The fraction of sp³-hybridized carbons (Fsp3) is 0.571. The molecule has 2 aromatic rings. The van der Waals surface area contributed by atoms with Gasteiger partial charge in [-0.15, -0.1) is 0 Å². The number of aryl methyl sites for hydroxylation is 1. The second kappa shape index (κ2) is 5.17. The van der Waals surface area contributed by atoms with Gasteiger partial charge in [0.15, 0.2) is 5.65 Å². The zero-order valence-electron chi connectivity index (χ0n) is 11.2. The topological polar surface area (TPSA) is 65.4 Å².